The van der Waals surface area contributed by atoms with Crippen LogP contribution in [0.3, 0.4) is 0 Å². The van der Waals surface area contributed by atoms with E-state index < -0.39 is 12.5 Å². The van der Waals surface area contributed by atoms with Crippen LogP contribution in [-0.2, 0) is 9.53 Å². The van der Waals surface area contributed by atoms with E-state index in [-0.39, 0.29) is 34.4 Å². The van der Waals surface area contributed by atoms with Crippen molar-refractivity contribution in [2.75, 3.05) is 19.7 Å². The van der Waals surface area contributed by atoms with Crippen molar-refractivity contribution in [1.82, 2.24) is 10.2 Å². The average molecular weight is 410 g/mol. The smallest absolute Gasteiger partial charge is 0.447 e. The maximum atomic E-state index is 12.8. The SMILES string of the molecule is C[C@]12CN(C(=O)[C@H]3C[C@]4(COC(=O)N4)C3)C[C@H]1[C@@H]2c1ccc(OC(F)(F)F)cc1. The summed E-state index contributed by atoms with van der Waals surface area (Å²) in [5, 5.41) is 2.80. The Bertz CT molecular complexity index is 865. The molecule has 2 amide bonds. The Balaban J connectivity index is 1.18. The van der Waals surface area contributed by atoms with Gasteiger partial charge in [-0.25, -0.2) is 4.79 Å². The standard InChI is InChI=1S/C20H21F3N2O4/c1-18-9-25(16(26)12-6-19(7-12)10-28-17(27)24-19)8-14(18)15(18)11-2-4-13(5-3-11)29-20(21,22)23/h2-5,12,14-15H,6-10H2,1H3,(H,24,27)/t12-,14-,15-,18-,19+/m0/s1. The van der Waals surface area contributed by atoms with Crippen molar-refractivity contribution in [3.05, 3.63) is 29.8 Å². The number of fused-ring (bicyclic) bond motifs is 1. The molecular weight excluding hydrogens is 389 g/mol. The number of amides is 2. The lowest BCUT2D eigenvalue weighted by molar-refractivity contribution is -0.274. The zero-order chi connectivity index (χ0) is 20.6. The van der Waals surface area contributed by atoms with Gasteiger partial charge in [-0.1, -0.05) is 19.1 Å². The number of carbonyl (C=O) groups excluding carboxylic acids is 2. The van der Waals surface area contributed by atoms with Gasteiger partial charge >= 0.3 is 12.5 Å². The summed E-state index contributed by atoms with van der Waals surface area (Å²) in [6.07, 6.45) is -3.89. The van der Waals surface area contributed by atoms with E-state index in [1.165, 1.54) is 12.1 Å². The van der Waals surface area contributed by atoms with Gasteiger partial charge in [0.2, 0.25) is 5.91 Å². The third-order valence-corrected chi connectivity index (χ3v) is 7.05. The summed E-state index contributed by atoms with van der Waals surface area (Å²) in [4.78, 5) is 26.0. The van der Waals surface area contributed by atoms with Gasteiger partial charge in [-0.3, -0.25) is 4.79 Å². The molecule has 1 N–H and O–H groups in total. The van der Waals surface area contributed by atoms with Crippen molar-refractivity contribution in [3.8, 4) is 5.75 Å². The molecule has 2 aliphatic heterocycles. The number of cyclic esters (lactones) is 1. The summed E-state index contributed by atoms with van der Waals surface area (Å²) in [6, 6.07) is 6.05. The van der Waals surface area contributed by atoms with Crippen LogP contribution >= 0.6 is 0 Å². The van der Waals surface area contributed by atoms with E-state index in [1.54, 1.807) is 12.1 Å². The highest BCUT2D eigenvalue weighted by Gasteiger charge is 2.67. The number of alkyl halides is 3. The van der Waals surface area contributed by atoms with E-state index >= 15 is 0 Å². The molecule has 9 heteroatoms. The fraction of sp³-hybridized carbons (Fsp3) is 0.600. The first kappa shape index (κ1) is 18.6. The van der Waals surface area contributed by atoms with E-state index in [0.717, 1.165) is 5.56 Å². The molecule has 0 radical (unpaired) electrons. The van der Waals surface area contributed by atoms with Crippen molar-refractivity contribution >= 4 is 12.0 Å². The second-order valence-corrected chi connectivity index (χ2v) is 9.01. The van der Waals surface area contributed by atoms with Crippen molar-refractivity contribution in [3.63, 3.8) is 0 Å². The Hall–Kier alpha value is -2.45. The van der Waals surface area contributed by atoms with E-state index in [9.17, 15) is 22.8 Å². The van der Waals surface area contributed by atoms with Gasteiger partial charge in [0.1, 0.15) is 12.4 Å². The van der Waals surface area contributed by atoms with Gasteiger partial charge in [0.15, 0.2) is 0 Å². The average Bonchev–Trinajstić information content (AvgIpc) is 2.92. The number of nitrogens with zero attached hydrogens (tertiary/aromatic N) is 1. The number of piperidine rings is 1. The predicted molar refractivity (Wildman–Crippen MR) is 94.0 cm³/mol. The van der Waals surface area contributed by atoms with Crippen LogP contribution in [0, 0.1) is 17.3 Å². The van der Waals surface area contributed by atoms with E-state index in [1.807, 2.05) is 4.90 Å². The molecule has 0 bridgehead atoms. The highest BCUT2D eigenvalue weighted by Crippen LogP contribution is 2.68. The van der Waals surface area contributed by atoms with Crippen molar-refractivity contribution in [1.29, 1.82) is 0 Å². The normalized spacial score (nSPS) is 37.6. The zero-order valence-electron chi connectivity index (χ0n) is 15.8. The number of rotatable bonds is 3. The molecule has 2 saturated heterocycles. The molecule has 4 fully saturated rings. The van der Waals surface area contributed by atoms with Crippen molar-refractivity contribution < 1.29 is 32.2 Å². The van der Waals surface area contributed by atoms with Gasteiger partial charge in [-0.2, -0.15) is 0 Å². The second kappa shape index (κ2) is 5.79. The third-order valence-electron chi connectivity index (χ3n) is 7.05. The van der Waals surface area contributed by atoms with Crippen LogP contribution in [-0.4, -0.2) is 48.5 Å². The number of benzene rings is 1. The quantitative estimate of drug-likeness (QED) is 0.832. The third kappa shape index (κ3) is 3.02. The monoisotopic (exact) mass is 410 g/mol. The summed E-state index contributed by atoms with van der Waals surface area (Å²) >= 11 is 0. The van der Waals surface area contributed by atoms with Gasteiger partial charge in [-0.05, 0) is 47.8 Å². The van der Waals surface area contributed by atoms with Crippen molar-refractivity contribution in [2.24, 2.45) is 17.3 Å². The summed E-state index contributed by atoms with van der Waals surface area (Å²) in [6.45, 7) is 3.76. The highest BCUT2D eigenvalue weighted by molar-refractivity contribution is 5.82. The van der Waals surface area contributed by atoms with Crippen LogP contribution in [0.5, 0.6) is 5.75 Å². The molecule has 2 aliphatic carbocycles. The van der Waals surface area contributed by atoms with Crippen LogP contribution in [0.25, 0.3) is 0 Å². The molecular formula is C20H21F3N2O4. The Morgan fingerprint density at radius 1 is 1.28 bits per heavy atom. The topological polar surface area (TPSA) is 67.9 Å². The van der Waals surface area contributed by atoms with Gasteiger partial charge in [-0.15, -0.1) is 13.2 Å². The van der Waals surface area contributed by atoms with Gasteiger partial charge in [0.05, 0.1) is 5.54 Å². The van der Waals surface area contributed by atoms with E-state index in [2.05, 4.69) is 17.0 Å². The Labute approximate surface area is 165 Å². The summed E-state index contributed by atoms with van der Waals surface area (Å²) in [5.74, 6) is 0.357. The minimum Gasteiger partial charge on any atom is -0.447 e. The minimum absolute atomic E-state index is 0.0474. The summed E-state index contributed by atoms with van der Waals surface area (Å²) in [7, 11) is 0. The lowest BCUT2D eigenvalue weighted by Crippen LogP contribution is -2.58. The molecule has 156 valence electrons. The molecule has 1 aromatic carbocycles. The van der Waals surface area contributed by atoms with E-state index in [0.29, 0.717) is 38.5 Å². The van der Waals surface area contributed by atoms with E-state index in [4.69, 9.17) is 4.74 Å². The summed E-state index contributed by atoms with van der Waals surface area (Å²) in [5.41, 5.74) is 0.563. The fourth-order valence-corrected chi connectivity index (χ4v) is 5.59. The van der Waals surface area contributed by atoms with Gasteiger partial charge in [0, 0.05) is 19.0 Å². The number of alkyl carbamates (subject to hydrolysis) is 1. The first-order chi connectivity index (χ1) is 13.6. The molecule has 0 unspecified atom stereocenters. The second-order valence-electron chi connectivity index (χ2n) is 9.01. The van der Waals surface area contributed by atoms with Gasteiger partial charge in [0.25, 0.3) is 0 Å². The molecule has 3 atom stereocenters. The van der Waals surface area contributed by atoms with Crippen molar-refractivity contribution in [2.45, 2.75) is 37.6 Å². The molecule has 6 nitrogen and oxygen atoms in total. The number of ether oxygens (including phenoxy) is 2. The minimum atomic E-state index is -4.70. The Morgan fingerprint density at radius 2 is 1.97 bits per heavy atom. The maximum absolute atomic E-state index is 12.8. The van der Waals surface area contributed by atoms with Crippen LogP contribution in [0.2, 0.25) is 0 Å². The number of carbonyl (C=O) groups is 2. The molecule has 0 aromatic heterocycles. The number of halogens is 3. The van der Waals surface area contributed by atoms with Crippen LogP contribution in [0.1, 0.15) is 31.2 Å². The lowest BCUT2D eigenvalue weighted by Gasteiger charge is -2.43. The van der Waals surface area contributed by atoms with Gasteiger partial charge < -0.3 is 19.7 Å². The first-order valence-electron chi connectivity index (χ1n) is 9.68. The molecule has 2 saturated carbocycles. The lowest BCUT2D eigenvalue weighted by atomic mass is 9.68. The number of hydrogen-bond acceptors (Lipinski definition) is 4. The molecule has 2 heterocycles. The summed E-state index contributed by atoms with van der Waals surface area (Å²) < 4.78 is 45.8. The molecule has 1 aromatic rings. The molecule has 5 rings (SSSR count). The largest absolute Gasteiger partial charge is 0.573 e. The Kier molecular flexibility index (Phi) is 3.71. The zero-order valence-corrected chi connectivity index (χ0v) is 15.8. The van der Waals surface area contributed by atoms with Crippen LogP contribution in [0.15, 0.2) is 24.3 Å². The first-order valence-corrected chi connectivity index (χ1v) is 9.68. The molecule has 29 heavy (non-hydrogen) atoms. The fourth-order valence-electron chi connectivity index (χ4n) is 5.59. The van der Waals surface area contributed by atoms with Crippen LogP contribution < -0.4 is 10.1 Å². The molecule has 4 aliphatic rings. The molecule has 1 spiro atoms. The Morgan fingerprint density at radius 3 is 2.48 bits per heavy atom. The highest BCUT2D eigenvalue weighted by atomic mass is 19.4. The maximum Gasteiger partial charge on any atom is 0.573 e. The number of likely N-dealkylation sites (tertiary alicyclic amines) is 1. The van der Waals surface area contributed by atoms with Crippen LogP contribution in [0.4, 0.5) is 18.0 Å². The number of hydrogen-bond donors (Lipinski definition) is 1. The number of nitrogens with one attached hydrogen (secondary N) is 1. The predicted octanol–water partition coefficient (Wildman–Crippen LogP) is 3.04.